The van der Waals surface area contributed by atoms with Gasteiger partial charge in [0.2, 0.25) is 0 Å². The van der Waals surface area contributed by atoms with Crippen LogP contribution < -0.4 is 10.7 Å². The van der Waals surface area contributed by atoms with Gasteiger partial charge in [0.15, 0.2) is 0 Å². The fraction of sp³-hybridized carbons (Fsp3) is 0.588. The highest BCUT2D eigenvalue weighted by atomic mass is 16.3. The van der Waals surface area contributed by atoms with Gasteiger partial charge in [-0.05, 0) is 43.2 Å². The fourth-order valence-corrected chi connectivity index (χ4v) is 2.92. The highest BCUT2D eigenvalue weighted by Crippen LogP contribution is 2.31. The molecule has 0 aromatic carbocycles. The third kappa shape index (κ3) is 4.94. The molecule has 0 bridgehead atoms. The van der Waals surface area contributed by atoms with Crippen molar-refractivity contribution in [2.75, 3.05) is 0 Å². The molecular formula is C17H25N3O3. The van der Waals surface area contributed by atoms with E-state index < -0.39 is 11.8 Å². The van der Waals surface area contributed by atoms with Crippen molar-refractivity contribution in [3.63, 3.8) is 0 Å². The number of hydrogen-bond acceptors (Lipinski definition) is 4. The van der Waals surface area contributed by atoms with Crippen molar-refractivity contribution >= 4 is 17.5 Å². The highest BCUT2D eigenvalue weighted by molar-refractivity contribution is 6.35. The highest BCUT2D eigenvalue weighted by Gasteiger charge is 2.27. The number of rotatable bonds is 4. The van der Waals surface area contributed by atoms with Crippen LogP contribution in [0.15, 0.2) is 27.9 Å². The van der Waals surface area contributed by atoms with E-state index in [-0.39, 0.29) is 6.54 Å². The Hall–Kier alpha value is -2.11. The van der Waals surface area contributed by atoms with Gasteiger partial charge in [-0.1, -0.05) is 20.8 Å². The van der Waals surface area contributed by atoms with Gasteiger partial charge in [-0.15, -0.1) is 0 Å². The van der Waals surface area contributed by atoms with Crippen LogP contribution in [0.5, 0.6) is 0 Å². The largest absolute Gasteiger partial charge is 0.467 e. The minimum Gasteiger partial charge on any atom is -0.467 e. The molecule has 2 rings (SSSR count). The normalized spacial score (nSPS) is 23.0. The second kappa shape index (κ2) is 7.94. The number of hydrazone groups is 1. The molecule has 0 spiro atoms. The van der Waals surface area contributed by atoms with Gasteiger partial charge in [-0.2, -0.15) is 5.10 Å². The van der Waals surface area contributed by atoms with E-state index in [0.29, 0.717) is 23.5 Å². The van der Waals surface area contributed by atoms with Gasteiger partial charge in [0.05, 0.1) is 12.8 Å². The molecule has 2 N–H and O–H groups in total. The summed E-state index contributed by atoms with van der Waals surface area (Å²) in [4.78, 5) is 23.6. The van der Waals surface area contributed by atoms with E-state index in [1.807, 2.05) is 0 Å². The number of hydrogen-bond donors (Lipinski definition) is 2. The molecule has 1 aromatic heterocycles. The van der Waals surface area contributed by atoms with E-state index in [1.54, 1.807) is 12.1 Å². The molecule has 1 aliphatic rings. The fourth-order valence-electron chi connectivity index (χ4n) is 2.92. The molecule has 1 fully saturated rings. The van der Waals surface area contributed by atoms with Crippen LogP contribution in [0.4, 0.5) is 0 Å². The molecule has 1 aliphatic carbocycles. The van der Waals surface area contributed by atoms with Crippen molar-refractivity contribution in [2.45, 2.75) is 46.6 Å². The lowest BCUT2D eigenvalue weighted by Crippen LogP contribution is -2.39. The standard InChI is InChI=1S/C17H25N3O3/c1-11(2)14-7-6-12(3)9-15(14)19-20-17(22)16(21)18-10-13-5-4-8-23-13/h4-5,8,11-12,14H,6-7,9-10H2,1-3H3,(H,18,21)(H,20,22)/t12-,14-/m0/s1. The molecule has 0 aliphatic heterocycles. The van der Waals surface area contributed by atoms with Crippen LogP contribution in [0.25, 0.3) is 0 Å². The number of nitrogens with zero attached hydrogens (tertiary/aromatic N) is 1. The number of amides is 2. The lowest BCUT2D eigenvalue weighted by molar-refractivity contribution is -0.139. The Morgan fingerprint density at radius 3 is 2.78 bits per heavy atom. The number of carbonyl (C=O) groups is 2. The minimum absolute atomic E-state index is 0.182. The smallest absolute Gasteiger partial charge is 0.329 e. The first-order valence-corrected chi connectivity index (χ1v) is 8.14. The number of furan rings is 1. The van der Waals surface area contributed by atoms with Crippen molar-refractivity contribution in [3.05, 3.63) is 24.2 Å². The number of nitrogens with one attached hydrogen (secondary N) is 2. The quantitative estimate of drug-likeness (QED) is 0.660. The van der Waals surface area contributed by atoms with Crippen LogP contribution in [-0.4, -0.2) is 17.5 Å². The Bertz CT molecular complexity index is 564. The van der Waals surface area contributed by atoms with E-state index >= 15 is 0 Å². The Kier molecular flexibility index (Phi) is 5.96. The Morgan fingerprint density at radius 2 is 2.13 bits per heavy atom. The Balaban J connectivity index is 1.88. The molecule has 0 radical (unpaired) electrons. The zero-order valence-corrected chi connectivity index (χ0v) is 14.0. The molecule has 126 valence electrons. The van der Waals surface area contributed by atoms with Gasteiger partial charge >= 0.3 is 11.8 Å². The zero-order chi connectivity index (χ0) is 16.8. The second-order valence-electron chi connectivity index (χ2n) is 6.54. The second-order valence-corrected chi connectivity index (χ2v) is 6.54. The maximum absolute atomic E-state index is 11.8. The summed E-state index contributed by atoms with van der Waals surface area (Å²) >= 11 is 0. The first-order chi connectivity index (χ1) is 11.0. The summed E-state index contributed by atoms with van der Waals surface area (Å²) in [6, 6.07) is 3.46. The average Bonchev–Trinajstić information content (AvgIpc) is 3.03. The van der Waals surface area contributed by atoms with Crippen LogP contribution in [0.2, 0.25) is 0 Å². The summed E-state index contributed by atoms with van der Waals surface area (Å²) in [5.74, 6) is 0.552. The summed E-state index contributed by atoms with van der Waals surface area (Å²) in [6.45, 7) is 6.69. The van der Waals surface area contributed by atoms with Crippen molar-refractivity contribution in [1.29, 1.82) is 0 Å². The van der Waals surface area contributed by atoms with Crippen LogP contribution in [0.3, 0.4) is 0 Å². The number of carbonyl (C=O) groups excluding carboxylic acids is 2. The molecular weight excluding hydrogens is 294 g/mol. The first-order valence-electron chi connectivity index (χ1n) is 8.14. The molecule has 2 amide bonds. The summed E-state index contributed by atoms with van der Waals surface area (Å²) in [7, 11) is 0. The lowest BCUT2D eigenvalue weighted by Gasteiger charge is -2.30. The molecule has 0 unspecified atom stereocenters. The molecule has 1 aromatic rings. The third-order valence-electron chi connectivity index (χ3n) is 4.27. The summed E-state index contributed by atoms with van der Waals surface area (Å²) in [6.07, 6.45) is 4.65. The van der Waals surface area contributed by atoms with Crippen molar-refractivity contribution < 1.29 is 14.0 Å². The predicted molar refractivity (Wildman–Crippen MR) is 87.5 cm³/mol. The van der Waals surface area contributed by atoms with Crippen LogP contribution in [0, 0.1) is 17.8 Å². The summed E-state index contributed by atoms with van der Waals surface area (Å²) in [5.41, 5.74) is 3.39. The predicted octanol–water partition coefficient (Wildman–Crippen LogP) is 2.46. The van der Waals surface area contributed by atoms with Crippen LogP contribution in [-0.2, 0) is 16.1 Å². The average molecular weight is 319 g/mol. The van der Waals surface area contributed by atoms with Crippen molar-refractivity contribution in [1.82, 2.24) is 10.7 Å². The van der Waals surface area contributed by atoms with Crippen molar-refractivity contribution in [3.8, 4) is 0 Å². The van der Waals surface area contributed by atoms with Gasteiger partial charge in [0.1, 0.15) is 5.76 Å². The first kappa shape index (κ1) is 17.2. The maximum Gasteiger partial charge on any atom is 0.329 e. The van der Waals surface area contributed by atoms with E-state index in [4.69, 9.17) is 4.42 Å². The maximum atomic E-state index is 11.8. The molecule has 6 nitrogen and oxygen atoms in total. The van der Waals surface area contributed by atoms with E-state index in [9.17, 15) is 9.59 Å². The lowest BCUT2D eigenvalue weighted by atomic mass is 9.76. The van der Waals surface area contributed by atoms with Gasteiger partial charge < -0.3 is 9.73 Å². The monoisotopic (exact) mass is 319 g/mol. The zero-order valence-electron chi connectivity index (χ0n) is 14.0. The third-order valence-corrected chi connectivity index (χ3v) is 4.27. The summed E-state index contributed by atoms with van der Waals surface area (Å²) < 4.78 is 5.10. The molecule has 1 heterocycles. The molecule has 23 heavy (non-hydrogen) atoms. The summed E-state index contributed by atoms with van der Waals surface area (Å²) in [5, 5.41) is 6.74. The van der Waals surface area contributed by atoms with E-state index in [0.717, 1.165) is 18.6 Å². The Morgan fingerprint density at radius 1 is 1.35 bits per heavy atom. The van der Waals surface area contributed by atoms with Crippen LogP contribution in [0.1, 0.15) is 45.8 Å². The van der Waals surface area contributed by atoms with Gasteiger partial charge in [-0.3, -0.25) is 9.59 Å². The van der Waals surface area contributed by atoms with Crippen molar-refractivity contribution in [2.24, 2.45) is 22.9 Å². The Labute approximate surface area is 136 Å². The van der Waals surface area contributed by atoms with Gasteiger partial charge in [0, 0.05) is 11.6 Å². The molecule has 2 atom stereocenters. The van der Waals surface area contributed by atoms with E-state index in [2.05, 4.69) is 36.6 Å². The molecule has 1 saturated carbocycles. The minimum atomic E-state index is -0.746. The molecule has 6 heteroatoms. The molecule has 0 saturated heterocycles. The topological polar surface area (TPSA) is 83.7 Å². The van der Waals surface area contributed by atoms with E-state index in [1.165, 1.54) is 12.7 Å². The van der Waals surface area contributed by atoms with Gasteiger partial charge in [-0.25, -0.2) is 5.43 Å². The van der Waals surface area contributed by atoms with Gasteiger partial charge in [0.25, 0.3) is 0 Å². The SMILES string of the molecule is CC(C)[C@@H]1CC[C@H](C)CC1=NNC(=O)C(=O)NCc1ccco1. The van der Waals surface area contributed by atoms with Crippen LogP contribution >= 0.6 is 0 Å².